The zero-order chi connectivity index (χ0) is 16.2. The first kappa shape index (κ1) is 16.0. The predicted octanol–water partition coefficient (Wildman–Crippen LogP) is 3.08. The number of carbonyl (C=O) groups excluding carboxylic acids is 2. The largest absolute Gasteiger partial charge is 0.272 e. The fraction of sp³-hybridized carbons (Fsp3) is 0.176. The highest BCUT2D eigenvalue weighted by molar-refractivity contribution is 6.30. The van der Waals surface area contributed by atoms with Crippen LogP contribution in [-0.2, 0) is 10.2 Å². The Bertz CT molecular complexity index is 667. The third kappa shape index (κ3) is 3.65. The van der Waals surface area contributed by atoms with Crippen molar-refractivity contribution >= 4 is 23.4 Å². The van der Waals surface area contributed by atoms with Gasteiger partial charge in [-0.2, -0.15) is 0 Å². The minimum atomic E-state index is -0.797. The van der Waals surface area contributed by atoms with Gasteiger partial charge < -0.3 is 0 Å². The Balaban J connectivity index is 2.02. The van der Waals surface area contributed by atoms with Gasteiger partial charge in [-0.3, -0.25) is 20.4 Å². The second-order valence-corrected chi connectivity index (χ2v) is 5.84. The van der Waals surface area contributed by atoms with Crippen molar-refractivity contribution in [3.05, 3.63) is 70.7 Å². The third-order valence-electron chi connectivity index (χ3n) is 3.46. The molecule has 5 heteroatoms. The van der Waals surface area contributed by atoms with Gasteiger partial charge in [-0.15, -0.1) is 0 Å². The van der Waals surface area contributed by atoms with Crippen molar-refractivity contribution in [3.63, 3.8) is 0 Å². The summed E-state index contributed by atoms with van der Waals surface area (Å²) in [6.45, 7) is 3.56. The molecule has 0 spiro atoms. The van der Waals surface area contributed by atoms with Gasteiger partial charge in [0.15, 0.2) is 0 Å². The summed E-state index contributed by atoms with van der Waals surface area (Å²) >= 11 is 5.85. The van der Waals surface area contributed by atoms with E-state index >= 15 is 0 Å². The van der Waals surface area contributed by atoms with Crippen molar-refractivity contribution in [2.24, 2.45) is 0 Å². The zero-order valence-corrected chi connectivity index (χ0v) is 13.1. The number of hydrogen-bond acceptors (Lipinski definition) is 2. The second-order valence-electron chi connectivity index (χ2n) is 5.41. The van der Waals surface area contributed by atoms with Crippen molar-refractivity contribution in [2.75, 3.05) is 0 Å². The summed E-state index contributed by atoms with van der Waals surface area (Å²) < 4.78 is 0. The molecule has 2 rings (SSSR count). The Morgan fingerprint density at radius 2 is 1.50 bits per heavy atom. The van der Waals surface area contributed by atoms with Crippen LogP contribution in [0.2, 0.25) is 5.02 Å². The lowest BCUT2D eigenvalue weighted by molar-refractivity contribution is -0.126. The molecule has 0 aliphatic heterocycles. The van der Waals surface area contributed by atoms with E-state index in [-0.39, 0.29) is 11.8 Å². The van der Waals surface area contributed by atoms with Crippen LogP contribution < -0.4 is 10.9 Å². The van der Waals surface area contributed by atoms with Crippen molar-refractivity contribution < 1.29 is 9.59 Å². The number of hydrogen-bond donors (Lipinski definition) is 2. The summed E-state index contributed by atoms with van der Waals surface area (Å²) in [5.74, 6) is -0.667. The number of nitrogens with one attached hydrogen (secondary N) is 2. The molecule has 2 aromatic carbocycles. The molecule has 0 saturated heterocycles. The lowest BCUT2D eigenvalue weighted by Crippen LogP contribution is -2.49. The van der Waals surface area contributed by atoms with E-state index in [1.807, 2.05) is 6.07 Å². The number of benzene rings is 2. The predicted molar refractivity (Wildman–Crippen MR) is 86.5 cm³/mol. The number of rotatable bonds is 3. The molecule has 0 atom stereocenters. The molecule has 2 N–H and O–H groups in total. The van der Waals surface area contributed by atoms with Crippen LogP contribution in [0.3, 0.4) is 0 Å². The van der Waals surface area contributed by atoms with E-state index in [2.05, 4.69) is 10.9 Å². The van der Waals surface area contributed by atoms with Crippen LogP contribution in [0.15, 0.2) is 54.6 Å². The molecule has 0 fully saturated rings. The molecule has 0 aromatic heterocycles. The molecular weight excluding hydrogens is 300 g/mol. The van der Waals surface area contributed by atoms with Gasteiger partial charge in [-0.05, 0) is 43.7 Å². The Kier molecular flexibility index (Phi) is 4.83. The van der Waals surface area contributed by atoms with Crippen LogP contribution in [0.4, 0.5) is 0 Å². The highest BCUT2D eigenvalue weighted by Gasteiger charge is 2.30. The number of amides is 2. The summed E-state index contributed by atoms with van der Waals surface area (Å²) in [4.78, 5) is 24.2. The molecule has 114 valence electrons. The lowest BCUT2D eigenvalue weighted by atomic mass is 9.84. The van der Waals surface area contributed by atoms with Gasteiger partial charge in [0.25, 0.3) is 5.91 Å². The van der Waals surface area contributed by atoms with Crippen LogP contribution in [0.25, 0.3) is 0 Å². The molecule has 2 aromatic rings. The molecule has 22 heavy (non-hydrogen) atoms. The molecular formula is C17H17ClN2O2. The highest BCUT2D eigenvalue weighted by atomic mass is 35.5. The van der Waals surface area contributed by atoms with E-state index in [4.69, 9.17) is 11.6 Å². The van der Waals surface area contributed by atoms with Crippen molar-refractivity contribution in [2.45, 2.75) is 19.3 Å². The topological polar surface area (TPSA) is 58.2 Å². The quantitative estimate of drug-likeness (QED) is 0.855. The van der Waals surface area contributed by atoms with Gasteiger partial charge >= 0.3 is 0 Å². The SMILES string of the molecule is CC(C)(C(=O)NNC(=O)c1ccccc1)c1ccc(Cl)cc1. The van der Waals surface area contributed by atoms with Crippen LogP contribution in [0.5, 0.6) is 0 Å². The van der Waals surface area contributed by atoms with Crippen molar-refractivity contribution in [3.8, 4) is 0 Å². The van der Waals surface area contributed by atoms with E-state index in [1.165, 1.54) is 0 Å². The number of halogens is 1. The Labute approximate surface area is 134 Å². The van der Waals surface area contributed by atoms with Gasteiger partial charge in [-0.1, -0.05) is 41.9 Å². The number of hydrazine groups is 1. The van der Waals surface area contributed by atoms with E-state index in [1.54, 1.807) is 62.4 Å². The van der Waals surface area contributed by atoms with Gasteiger partial charge in [0.05, 0.1) is 5.41 Å². The minimum absolute atomic E-state index is 0.306. The average Bonchev–Trinajstić information content (AvgIpc) is 2.53. The maximum absolute atomic E-state index is 12.3. The minimum Gasteiger partial charge on any atom is -0.272 e. The third-order valence-corrected chi connectivity index (χ3v) is 3.71. The zero-order valence-electron chi connectivity index (χ0n) is 12.4. The summed E-state index contributed by atoms with van der Waals surface area (Å²) in [7, 11) is 0. The first-order chi connectivity index (χ1) is 10.4. The summed E-state index contributed by atoms with van der Waals surface area (Å²) in [6, 6.07) is 15.7. The Morgan fingerprint density at radius 3 is 2.09 bits per heavy atom. The van der Waals surface area contributed by atoms with Crippen LogP contribution in [0, 0.1) is 0 Å². The van der Waals surface area contributed by atoms with E-state index < -0.39 is 5.41 Å². The van der Waals surface area contributed by atoms with Gasteiger partial charge in [0, 0.05) is 10.6 Å². The maximum atomic E-state index is 12.3. The standard InChI is InChI=1S/C17H17ClN2O2/c1-17(2,13-8-10-14(18)11-9-13)16(22)20-19-15(21)12-6-4-3-5-7-12/h3-11H,1-2H3,(H,19,21)(H,20,22). The molecule has 0 aliphatic rings. The van der Waals surface area contributed by atoms with Gasteiger partial charge in [0.2, 0.25) is 5.91 Å². The van der Waals surface area contributed by atoms with E-state index in [0.29, 0.717) is 10.6 Å². The monoisotopic (exact) mass is 316 g/mol. The molecule has 0 aliphatic carbocycles. The molecule has 4 nitrogen and oxygen atoms in total. The van der Waals surface area contributed by atoms with Crippen LogP contribution >= 0.6 is 11.6 Å². The summed E-state index contributed by atoms with van der Waals surface area (Å²) in [6.07, 6.45) is 0. The van der Waals surface area contributed by atoms with Gasteiger partial charge in [-0.25, -0.2) is 0 Å². The first-order valence-electron chi connectivity index (χ1n) is 6.83. The second kappa shape index (κ2) is 6.62. The fourth-order valence-electron chi connectivity index (χ4n) is 1.93. The van der Waals surface area contributed by atoms with E-state index in [0.717, 1.165) is 5.56 Å². The smallest absolute Gasteiger partial charge is 0.269 e. The molecule has 0 bridgehead atoms. The fourth-order valence-corrected chi connectivity index (χ4v) is 2.06. The molecule has 0 saturated carbocycles. The van der Waals surface area contributed by atoms with Gasteiger partial charge in [0.1, 0.15) is 0 Å². The Hall–Kier alpha value is -2.33. The molecule has 0 heterocycles. The van der Waals surface area contributed by atoms with Crippen molar-refractivity contribution in [1.82, 2.24) is 10.9 Å². The van der Waals surface area contributed by atoms with Crippen molar-refractivity contribution in [1.29, 1.82) is 0 Å². The Morgan fingerprint density at radius 1 is 0.909 bits per heavy atom. The molecule has 2 amide bonds. The van der Waals surface area contributed by atoms with Crippen LogP contribution in [-0.4, -0.2) is 11.8 Å². The normalized spacial score (nSPS) is 10.9. The van der Waals surface area contributed by atoms with E-state index in [9.17, 15) is 9.59 Å². The number of carbonyl (C=O) groups is 2. The molecule has 0 unspecified atom stereocenters. The summed E-state index contributed by atoms with van der Waals surface area (Å²) in [5.41, 5.74) is 5.37. The highest BCUT2D eigenvalue weighted by Crippen LogP contribution is 2.24. The maximum Gasteiger partial charge on any atom is 0.269 e. The molecule has 0 radical (unpaired) electrons. The average molecular weight is 317 g/mol. The lowest BCUT2D eigenvalue weighted by Gasteiger charge is -2.24. The first-order valence-corrected chi connectivity index (χ1v) is 7.21. The summed E-state index contributed by atoms with van der Waals surface area (Å²) in [5, 5.41) is 0.609. The van der Waals surface area contributed by atoms with Crippen LogP contribution in [0.1, 0.15) is 29.8 Å².